The Labute approximate surface area is 127 Å². The molecule has 108 valence electrons. The molecule has 0 aliphatic heterocycles. The molecule has 0 spiro atoms. The van der Waals surface area contributed by atoms with Gasteiger partial charge >= 0.3 is 0 Å². The molecule has 0 bridgehead atoms. The van der Waals surface area contributed by atoms with E-state index in [0.29, 0.717) is 15.7 Å². The van der Waals surface area contributed by atoms with Crippen LogP contribution in [0.1, 0.15) is 35.9 Å². The second kappa shape index (κ2) is 5.77. The number of thiazole rings is 1. The van der Waals surface area contributed by atoms with Gasteiger partial charge in [-0.1, -0.05) is 48.1 Å². The summed E-state index contributed by atoms with van der Waals surface area (Å²) in [4.78, 5) is 28.8. The highest BCUT2D eigenvalue weighted by molar-refractivity contribution is 7.18. The number of rotatable bonds is 4. The van der Waals surface area contributed by atoms with E-state index >= 15 is 0 Å². The number of amides is 1. The average molecular weight is 300 g/mol. The van der Waals surface area contributed by atoms with Gasteiger partial charge < -0.3 is 5.32 Å². The molecular formula is C16H16N2O2S. The largest absolute Gasteiger partial charge is 0.302 e. The number of hydrogen-bond acceptors (Lipinski definition) is 4. The summed E-state index contributed by atoms with van der Waals surface area (Å²) in [5.41, 5.74) is 1.54. The first-order chi connectivity index (χ1) is 10.1. The van der Waals surface area contributed by atoms with Crippen LogP contribution in [0.3, 0.4) is 0 Å². The maximum atomic E-state index is 12.0. The number of benzene rings is 1. The van der Waals surface area contributed by atoms with Gasteiger partial charge in [0.15, 0.2) is 10.9 Å². The summed E-state index contributed by atoms with van der Waals surface area (Å²) in [6, 6.07) is 9.57. The first-order valence-electron chi connectivity index (χ1n) is 7.03. The molecule has 1 fully saturated rings. The Morgan fingerprint density at radius 2 is 1.95 bits per heavy atom. The Morgan fingerprint density at radius 3 is 2.52 bits per heavy atom. The predicted octanol–water partition coefficient (Wildman–Crippen LogP) is 3.75. The summed E-state index contributed by atoms with van der Waals surface area (Å²) < 4.78 is 0. The van der Waals surface area contributed by atoms with Crippen molar-refractivity contribution in [1.29, 1.82) is 0 Å². The van der Waals surface area contributed by atoms with E-state index < -0.39 is 0 Å². The van der Waals surface area contributed by atoms with Crippen molar-refractivity contribution in [3.63, 3.8) is 0 Å². The van der Waals surface area contributed by atoms with Gasteiger partial charge in [0.25, 0.3) is 0 Å². The number of nitrogens with zero attached hydrogens (tertiary/aromatic N) is 1. The molecule has 1 aliphatic carbocycles. The highest BCUT2D eigenvalue weighted by Gasteiger charge is 2.26. The average Bonchev–Trinajstić information content (AvgIpc) is 2.81. The van der Waals surface area contributed by atoms with Crippen molar-refractivity contribution in [3.05, 3.63) is 35.2 Å². The van der Waals surface area contributed by atoms with Crippen LogP contribution in [0.5, 0.6) is 0 Å². The second-order valence-electron chi connectivity index (χ2n) is 5.24. The Morgan fingerprint density at radius 1 is 1.24 bits per heavy atom. The molecule has 1 N–H and O–H groups in total. The molecule has 1 aromatic heterocycles. The molecule has 1 aliphatic rings. The van der Waals surface area contributed by atoms with E-state index in [9.17, 15) is 9.59 Å². The number of Topliss-reactive ketones (excluding diaryl/α,β-unsaturated/α-hetero) is 1. The smallest absolute Gasteiger partial charge is 0.229 e. The van der Waals surface area contributed by atoms with Gasteiger partial charge in [-0.2, -0.15) is 0 Å². The molecule has 3 rings (SSSR count). The molecule has 2 aromatic rings. The normalized spacial score (nSPS) is 14.5. The topological polar surface area (TPSA) is 59.1 Å². The number of carbonyl (C=O) groups is 2. The van der Waals surface area contributed by atoms with Gasteiger partial charge in [0.1, 0.15) is 0 Å². The summed E-state index contributed by atoms with van der Waals surface area (Å²) in [5, 5.41) is 3.36. The van der Waals surface area contributed by atoms with Crippen LogP contribution < -0.4 is 5.32 Å². The number of aromatic nitrogens is 1. The van der Waals surface area contributed by atoms with E-state index in [4.69, 9.17) is 0 Å². The third-order valence-corrected chi connectivity index (χ3v) is 4.77. The molecule has 0 saturated heterocycles. The zero-order valence-corrected chi connectivity index (χ0v) is 12.6. The van der Waals surface area contributed by atoms with Crippen LogP contribution in [0.2, 0.25) is 0 Å². The maximum Gasteiger partial charge on any atom is 0.229 e. The van der Waals surface area contributed by atoms with Gasteiger partial charge in [0.05, 0.1) is 10.6 Å². The van der Waals surface area contributed by atoms with Crippen LogP contribution in [0, 0.1) is 5.92 Å². The molecule has 1 heterocycles. The zero-order valence-electron chi connectivity index (χ0n) is 11.8. The van der Waals surface area contributed by atoms with Crippen LogP contribution in [0.4, 0.5) is 5.13 Å². The van der Waals surface area contributed by atoms with Crippen molar-refractivity contribution in [2.75, 3.05) is 5.32 Å². The van der Waals surface area contributed by atoms with Gasteiger partial charge in [0.2, 0.25) is 5.91 Å². The number of carbonyl (C=O) groups excluding carboxylic acids is 2. The van der Waals surface area contributed by atoms with E-state index in [1.54, 1.807) is 0 Å². The van der Waals surface area contributed by atoms with Gasteiger partial charge in [-0.3, -0.25) is 9.59 Å². The van der Waals surface area contributed by atoms with E-state index in [1.807, 2.05) is 30.3 Å². The van der Waals surface area contributed by atoms with Crippen LogP contribution in [0.15, 0.2) is 30.3 Å². The van der Waals surface area contributed by atoms with E-state index in [-0.39, 0.29) is 17.6 Å². The minimum atomic E-state index is -0.0319. The molecular weight excluding hydrogens is 284 g/mol. The van der Waals surface area contributed by atoms with Crippen molar-refractivity contribution >= 4 is 28.2 Å². The van der Waals surface area contributed by atoms with Gasteiger partial charge in [-0.05, 0) is 12.8 Å². The lowest BCUT2D eigenvalue weighted by Gasteiger charge is -2.23. The number of nitrogens with one attached hydrogen (secondary N) is 1. The predicted molar refractivity (Wildman–Crippen MR) is 83.5 cm³/mol. The molecule has 5 heteroatoms. The summed E-state index contributed by atoms with van der Waals surface area (Å²) in [5.74, 6) is 0.0927. The third-order valence-electron chi connectivity index (χ3n) is 3.70. The first-order valence-corrected chi connectivity index (χ1v) is 7.85. The molecule has 4 nitrogen and oxygen atoms in total. The fraction of sp³-hybridized carbons (Fsp3) is 0.312. The molecule has 1 aromatic carbocycles. The molecule has 1 saturated carbocycles. The lowest BCUT2D eigenvalue weighted by Crippen LogP contribution is -2.27. The van der Waals surface area contributed by atoms with Crippen LogP contribution in [-0.2, 0) is 4.79 Å². The van der Waals surface area contributed by atoms with E-state index in [1.165, 1.54) is 18.3 Å². The summed E-state index contributed by atoms with van der Waals surface area (Å²) in [6.07, 6.45) is 3.01. The Kier molecular flexibility index (Phi) is 3.84. The zero-order chi connectivity index (χ0) is 14.8. The van der Waals surface area contributed by atoms with Crippen molar-refractivity contribution in [1.82, 2.24) is 4.98 Å². The first kappa shape index (κ1) is 13.9. The van der Waals surface area contributed by atoms with E-state index in [2.05, 4.69) is 10.3 Å². The number of anilines is 1. The van der Waals surface area contributed by atoms with Crippen molar-refractivity contribution in [2.45, 2.75) is 26.2 Å². The minimum Gasteiger partial charge on any atom is -0.302 e. The van der Waals surface area contributed by atoms with Crippen molar-refractivity contribution in [2.24, 2.45) is 5.92 Å². The lowest BCUT2D eigenvalue weighted by atomic mass is 9.85. The van der Waals surface area contributed by atoms with Crippen LogP contribution in [0.25, 0.3) is 11.3 Å². The van der Waals surface area contributed by atoms with Gasteiger partial charge in [-0.15, -0.1) is 0 Å². The van der Waals surface area contributed by atoms with Crippen molar-refractivity contribution in [3.8, 4) is 11.3 Å². The Balaban J connectivity index is 1.89. The summed E-state index contributed by atoms with van der Waals surface area (Å²) in [6.45, 7) is 1.53. The summed E-state index contributed by atoms with van der Waals surface area (Å²) in [7, 11) is 0. The SMILES string of the molecule is CC(=O)c1sc(NC(=O)C2CCC2)nc1-c1ccccc1. The molecule has 0 unspecified atom stereocenters. The third kappa shape index (κ3) is 2.88. The molecule has 0 radical (unpaired) electrons. The Hall–Kier alpha value is -2.01. The fourth-order valence-electron chi connectivity index (χ4n) is 2.28. The number of hydrogen-bond donors (Lipinski definition) is 1. The minimum absolute atomic E-state index is 0.0183. The van der Waals surface area contributed by atoms with Gasteiger partial charge in [-0.25, -0.2) is 4.98 Å². The fourth-order valence-corrected chi connectivity index (χ4v) is 3.17. The monoisotopic (exact) mass is 300 g/mol. The quantitative estimate of drug-likeness (QED) is 0.875. The lowest BCUT2D eigenvalue weighted by molar-refractivity contribution is -0.122. The van der Waals surface area contributed by atoms with Crippen LogP contribution >= 0.6 is 11.3 Å². The Bertz CT molecular complexity index is 675. The van der Waals surface area contributed by atoms with Crippen LogP contribution in [-0.4, -0.2) is 16.7 Å². The molecule has 1 amide bonds. The second-order valence-corrected chi connectivity index (χ2v) is 6.24. The number of ketones is 1. The highest BCUT2D eigenvalue weighted by Crippen LogP contribution is 2.33. The van der Waals surface area contributed by atoms with Crippen molar-refractivity contribution < 1.29 is 9.59 Å². The van der Waals surface area contributed by atoms with Gasteiger partial charge in [0, 0.05) is 18.4 Å². The highest BCUT2D eigenvalue weighted by atomic mass is 32.1. The summed E-state index contributed by atoms with van der Waals surface area (Å²) >= 11 is 1.25. The molecule has 0 atom stereocenters. The molecule has 21 heavy (non-hydrogen) atoms. The maximum absolute atomic E-state index is 12.0. The van der Waals surface area contributed by atoms with E-state index in [0.717, 1.165) is 24.8 Å². The standard InChI is InChI=1S/C16H16N2O2S/c1-10(19)14-13(11-6-3-2-4-7-11)17-16(21-14)18-15(20)12-8-5-9-12/h2-4,6-7,12H,5,8-9H2,1H3,(H,17,18,20).